The van der Waals surface area contributed by atoms with Gasteiger partial charge in [0.15, 0.2) is 0 Å². The molecule has 1 rings (SSSR count). The third kappa shape index (κ3) is 5.29. The largest absolute Gasteiger partial charge is 0.447 e. The van der Waals surface area contributed by atoms with Crippen LogP contribution in [0.25, 0.3) is 0 Å². The van der Waals surface area contributed by atoms with E-state index in [2.05, 4.69) is 0 Å². The summed E-state index contributed by atoms with van der Waals surface area (Å²) >= 11 is 0. The smallest absolute Gasteiger partial charge is 0.410 e. The van der Waals surface area contributed by atoms with Crippen LogP contribution < -0.4 is 11.5 Å². The number of ether oxygens (including phenoxy) is 1. The first kappa shape index (κ1) is 14.8. The maximum absolute atomic E-state index is 11.8. The summed E-state index contributed by atoms with van der Waals surface area (Å²) in [4.78, 5) is 24.1. The van der Waals surface area contributed by atoms with Gasteiger partial charge < -0.3 is 16.2 Å². The molecule has 6 heteroatoms. The van der Waals surface area contributed by atoms with Crippen molar-refractivity contribution in [3.63, 3.8) is 0 Å². The number of nitrogens with two attached hydrogens (primary N) is 2. The van der Waals surface area contributed by atoms with Crippen molar-refractivity contribution in [3.05, 3.63) is 29.8 Å². The highest BCUT2D eigenvalue weighted by molar-refractivity contribution is 5.80. The molecule has 0 aliphatic rings. The van der Waals surface area contributed by atoms with Gasteiger partial charge in [0.05, 0.1) is 6.10 Å². The number of carbonyl (C=O) groups is 2. The summed E-state index contributed by atoms with van der Waals surface area (Å²) in [5.74, 6) is -0.593. The number of anilines is 1. The summed E-state index contributed by atoms with van der Waals surface area (Å²) < 4.78 is 5.06. The molecule has 19 heavy (non-hydrogen) atoms. The van der Waals surface area contributed by atoms with Gasteiger partial charge in [-0.3, -0.25) is 9.69 Å². The Morgan fingerprint density at radius 3 is 2.58 bits per heavy atom. The van der Waals surface area contributed by atoms with Gasteiger partial charge in [0.2, 0.25) is 5.91 Å². The SMILES string of the molecule is CC(C)OC(=O)N(CC(N)=O)Cc1cccc(N)c1. The van der Waals surface area contributed by atoms with Crippen molar-refractivity contribution in [2.45, 2.75) is 26.5 Å². The summed E-state index contributed by atoms with van der Waals surface area (Å²) in [5, 5.41) is 0. The second-order valence-corrected chi connectivity index (χ2v) is 4.50. The lowest BCUT2D eigenvalue weighted by Gasteiger charge is -2.22. The number of nitrogens with zero attached hydrogens (tertiary/aromatic N) is 1. The summed E-state index contributed by atoms with van der Waals surface area (Å²) in [6.07, 6.45) is -0.833. The number of nitrogen functional groups attached to an aromatic ring is 1. The maximum atomic E-state index is 11.8. The first-order chi connectivity index (χ1) is 8.88. The number of hydrogen-bond acceptors (Lipinski definition) is 4. The fraction of sp³-hybridized carbons (Fsp3) is 0.385. The highest BCUT2D eigenvalue weighted by Crippen LogP contribution is 2.11. The number of rotatable bonds is 5. The number of hydrogen-bond donors (Lipinski definition) is 2. The fourth-order valence-corrected chi connectivity index (χ4v) is 1.56. The van der Waals surface area contributed by atoms with Crippen LogP contribution >= 0.6 is 0 Å². The zero-order chi connectivity index (χ0) is 14.4. The lowest BCUT2D eigenvalue weighted by Crippen LogP contribution is -2.39. The summed E-state index contributed by atoms with van der Waals surface area (Å²) in [5.41, 5.74) is 12.2. The Morgan fingerprint density at radius 2 is 2.05 bits per heavy atom. The highest BCUT2D eigenvalue weighted by atomic mass is 16.6. The van der Waals surface area contributed by atoms with Crippen LogP contribution in [0.1, 0.15) is 19.4 Å². The molecule has 104 valence electrons. The summed E-state index contributed by atoms with van der Waals surface area (Å²) in [6, 6.07) is 7.07. The van der Waals surface area contributed by atoms with E-state index in [1.54, 1.807) is 32.0 Å². The summed E-state index contributed by atoms with van der Waals surface area (Å²) in [6.45, 7) is 3.50. The maximum Gasteiger partial charge on any atom is 0.410 e. The molecule has 0 spiro atoms. The van der Waals surface area contributed by atoms with Crippen molar-refractivity contribution < 1.29 is 14.3 Å². The zero-order valence-electron chi connectivity index (χ0n) is 11.1. The molecule has 0 heterocycles. The van der Waals surface area contributed by atoms with Crippen LogP contribution in [-0.2, 0) is 16.1 Å². The number of primary amides is 1. The average Bonchev–Trinajstić information content (AvgIpc) is 2.26. The van der Waals surface area contributed by atoms with Crippen LogP contribution in [0.3, 0.4) is 0 Å². The van der Waals surface area contributed by atoms with E-state index in [9.17, 15) is 9.59 Å². The molecule has 1 aromatic rings. The Hall–Kier alpha value is -2.24. The monoisotopic (exact) mass is 265 g/mol. The Kier molecular flexibility index (Phi) is 5.17. The highest BCUT2D eigenvalue weighted by Gasteiger charge is 2.18. The molecule has 0 saturated carbocycles. The van der Waals surface area contributed by atoms with Crippen LogP contribution in [-0.4, -0.2) is 29.5 Å². The standard InChI is InChI=1S/C13H19N3O3/c1-9(2)19-13(18)16(8-12(15)17)7-10-4-3-5-11(14)6-10/h3-6,9H,7-8,14H2,1-2H3,(H2,15,17). The lowest BCUT2D eigenvalue weighted by atomic mass is 10.2. The van der Waals surface area contributed by atoms with Crippen molar-refractivity contribution in [1.29, 1.82) is 0 Å². The molecule has 0 bridgehead atoms. The van der Waals surface area contributed by atoms with E-state index in [0.717, 1.165) is 5.56 Å². The fourth-order valence-electron chi connectivity index (χ4n) is 1.56. The van der Waals surface area contributed by atoms with E-state index >= 15 is 0 Å². The van der Waals surface area contributed by atoms with Gasteiger partial charge in [-0.25, -0.2) is 4.79 Å². The van der Waals surface area contributed by atoms with Crippen molar-refractivity contribution >= 4 is 17.7 Å². The molecule has 0 saturated heterocycles. The predicted molar refractivity (Wildman–Crippen MR) is 72.1 cm³/mol. The molecule has 0 radical (unpaired) electrons. The number of amides is 2. The van der Waals surface area contributed by atoms with E-state index in [0.29, 0.717) is 5.69 Å². The molecule has 0 aliphatic carbocycles. The quantitative estimate of drug-likeness (QED) is 0.779. The molecule has 0 aromatic heterocycles. The molecule has 0 aliphatic heterocycles. The van der Waals surface area contributed by atoms with E-state index in [4.69, 9.17) is 16.2 Å². The Labute approximate surface area is 112 Å². The molecule has 0 fully saturated rings. The Bertz CT molecular complexity index is 460. The third-order valence-electron chi connectivity index (χ3n) is 2.27. The first-order valence-electron chi connectivity index (χ1n) is 5.96. The van der Waals surface area contributed by atoms with E-state index in [1.807, 2.05) is 6.07 Å². The van der Waals surface area contributed by atoms with Crippen LogP contribution in [0.4, 0.5) is 10.5 Å². The Balaban J connectivity index is 2.79. The predicted octanol–water partition coefficient (Wildman–Crippen LogP) is 1.10. The minimum atomic E-state index is -0.593. The molecule has 0 unspecified atom stereocenters. The van der Waals surface area contributed by atoms with E-state index < -0.39 is 12.0 Å². The molecule has 6 nitrogen and oxygen atoms in total. The van der Waals surface area contributed by atoms with Gasteiger partial charge in [-0.1, -0.05) is 12.1 Å². The zero-order valence-corrected chi connectivity index (χ0v) is 11.1. The molecular weight excluding hydrogens is 246 g/mol. The second kappa shape index (κ2) is 6.63. The third-order valence-corrected chi connectivity index (χ3v) is 2.27. The molecule has 1 aromatic carbocycles. The Morgan fingerprint density at radius 1 is 1.37 bits per heavy atom. The van der Waals surface area contributed by atoms with E-state index in [-0.39, 0.29) is 19.2 Å². The van der Waals surface area contributed by atoms with Gasteiger partial charge in [-0.15, -0.1) is 0 Å². The van der Waals surface area contributed by atoms with E-state index in [1.165, 1.54) is 4.90 Å². The van der Waals surface area contributed by atoms with Crippen molar-refractivity contribution in [3.8, 4) is 0 Å². The van der Waals surface area contributed by atoms with Crippen molar-refractivity contribution in [2.24, 2.45) is 5.73 Å². The van der Waals surface area contributed by atoms with Crippen molar-refractivity contribution in [1.82, 2.24) is 4.90 Å². The average molecular weight is 265 g/mol. The molecule has 4 N–H and O–H groups in total. The van der Waals surface area contributed by atoms with Crippen LogP contribution in [0.2, 0.25) is 0 Å². The minimum absolute atomic E-state index is 0.194. The first-order valence-corrected chi connectivity index (χ1v) is 5.96. The van der Waals surface area contributed by atoms with Crippen LogP contribution in [0, 0.1) is 0 Å². The molecular formula is C13H19N3O3. The van der Waals surface area contributed by atoms with Gasteiger partial charge in [0.25, 0.3) is 0 Å². The minimum Gasteiger partial charge on any atom is -0.447 e. The van der Waals surface area contributed by atoms with Crippen LogP contribution in [0.15, 0.2) is 24.3 Å². The topological polar surface area (TPSA) is 98.6 Å². The second-order valence-electron chi connectivity index (χ2n) is 4.50. The number of benzene rings is 1. The van der Waals surface area contributed by atoms with Gasteiger partial charge in [0.1, 0.15) is 6.54 Å². The van der Waals surface area contributed by atoms with Crippen LogP contribution in [0.5, 0.6) is 0 Å². The van der Waals surface area contributed by atoms with Gasteiger partial charge in [0, 0.05) is 12.2 Å². The van der Waals surface area contributed by atoms with Crippen molar-refractivity contribution in [2.75, 3.05) is 12.3 Å². The van der Waals surface area contributed by atoms with Gasteiger partial charge in [-0.2, -0.15) is 0 Å². The molecule has 2 amide bonds. The van der Waals surface area contributed by atoms with Gasteiger partial charge >= 0.3 is 6.09 Å². The van der Waals surface area contributed by atoms with Gasteiger partial charge in [-0.05, 0) is 31.5 Å². The summed E-state index contributed by atoms with van der Waals surface area (Å²) in [7, 11) is 0. The normalized spacial score (nSPS) is 10.3. The lowest BCUT2D eigenvalue weighted by molar-refractivity contribution is -0.119. The molecule has 0 atom stereocenters. The number of carbonyl (C=O) groups excluding carboxylic acids is 2.